The molecule has 3 fully saturated rings. The molecule has 0 aromatic carbocycles. The highest BCUT2D eigenvalue weighted by atomic mass is 16.2. The number of aliphatic imine (C=N–C) groups is 1. The number of rotatable bonds is 6. The molecule has 3 rings (SSSR count). The summed E-state index contributed by atoms with van der Waals surface area (Å²) in [6.07, 6.45) is 3.85. The van der Waals surface area contributed by atoms with Gasteiger partial charge in [0.1, 0.15) is 0 Å². The molecule has 0 saturated carbocycles. The molecular weight excluding hydrogens is 400 g/mol. The number of carbonyl (C=O) groups excluding carboxylic acids is 1. The Morgan fingerprint density at radius 2 is 1.66 bits per heavy atom. The summed E-state index contributed by atoms with van der Waals surface area (Å²) in [5, 5.41) is 3.66. The number of piperazine rings is 1. The summed E-state index contributed by atoms with van der Waals surface area (Å²) in [7, 11) is 1.89. The number of hydrogen-bond donors (Lipinski definition) is 1. The summed E-state index contributed by atoms with van der Waals surface area (Å²) >= 11 is 0. The summed E-state index contributed by atoms with van der Waals surface area (Å²) in [5.41, 5.74) is 0. The third kappa shape index (κ3) is 7.62. The molecule has 1 amide bonds. The van der Waals surface area contributed by atoms with Crippen molar-refractivity contribution in [3.63, 3.8) is 0 Å². The minimum absolute atomic E-state index is 0.308. The van der Waals surface area contributed by atoms with Crippen LogP contribution in [-0.4, -0.2) is 111 Å². The van der Waals surface area contributed by atoms with E-state index < -0.39 is 0 Å². The van der Waals surface area contributed by atoms with Crippen molar-refractivity contribution in [2.45, 2.75) is 47.0 Å². The molecule has 3 saturated heterocycles. The summed E-state index contributed by atoms with van der Waals surface area (Å²) in [4.78, 5) is 26.8. The van der Waals surface area contributed by atoms with Crippen LogP contribution in [0.2, 0.25) is 0 Å². The highest BCUT2D eigenvalue weighted by Crippen LogP contribution is 2.21. The Morgan fingerprint density at radius 1 is 0.969 bits per heavy atom. The number of guanidine groups is 1. The summed E-state index contributed by atoms with van der Waals surface area (Å²) in [6.45, 7) is 20.0. The van der Waals surface area contributed by atoms with Crippen molar-refractivity contribution >= 4 is 11.9 Å². The van der Waals surface area contributed by atoms with Crippen LogP contribution < -0.4 is 5.32 Å². The van der Waals surface area contributed by atoms with E-state index in [9.17, 15) is 4.79 Å². The Bertz CT molecular complexity index is 606. The van der Waals surface area contributed by atoms with Gasteiger partial charge in [-0.1, -0.05) is 27.7 Å². The van der Waals surface area contributed by atoms with Crippen LogP contribution in [0.25, 0.3) is 0 Å². The number of hydrogen-bond acceptors (Lipinski definition) is 4. The zero-order valence-corrected chi connectivity index (χ0v) is 21.4. The number of amides is 1. The van der Waals surface area contributed by atoms with Crippen LogP contribution >= 0.6 is 0 Å². The normalized spacial score (nSPS) is 28.9. The molecule has 0 aromatic heterocycles. The van der Waals surface area contributed by atoms with Crippen molar-refractivity contribution in [3.05, 3.63) is 0 Å². The first-order valence-electron chi connectivity index (χ1n) is 13.0. The van der Waals surface area contributed by atoms with Gasteiger partial charge in [0.05, 0.1) is 6.54 Å². The summed E-state index contributed by atoms with van der Waals surface area (Å²) < 4.78 is 0. The Hall–Kier alpha value is -1.34. The predicted molar refractivity (Wildman–Crippen MR) is 133 cm³/mol. The molecule has 0 aromatic rings. The lowest BCUT2D eigenvalue weighted by molar-refractivity contribution is -0.135. The molecule has 1 N–H and O–H groups in total. The number of likely N-dealkylation sites (tertiary alicyclic amines) is 2. The van der Waals surface area contributed by atoms with E-state index in [1.807, 2.05) is 7.05 Å². The van der Waals surface area contributed by atoms with Crippen LogP contribution in [-0.2, 0) is 4.79 Å². The van der Waals surface area contributed by atoms with Gasteiger partial charge < -0.3 is 20.0 Å². The van der Waals surface area contributed by atoms with Crippen LogP contribution in [0.3, 0.4) is 0 Å². The zero-order valence-electron chi connectivity index (χ0n) is 21.4. The first-order valence-corrected chi connectivity index (χ1v) is 13.0. The lowest BCUT2D eigenvalue weighted by atomic mass is 9.92. The molecule has 0 radical (unpaired) electrons. The number of carbonyl (C=O) groups is 1. The van der Waals surface area contributed by atoms with Gasteiger partial charge in [-0.25, -0.2) is 0 Å². The lowest BCUT2D eigenvalue weighted by Gasteiger charge is -2.39. The van der Waals surface area contributed by atoms with E-state index in [2.05, 4.69) is 57.6 Å². The van der Waals surface area contributed by atoms with Crippen LogP contribution in [0.15, 0.2) is 4.99 Å². The first-order chi connectivity index (χ1) is 15.3. The average molecular weight is 449 g/mol. The van der Waals surface area contributed by atoms with Gasteiger partial charge in [0, 0.05) is 66.0 Å². The molecule has 184 valence electrons. The predicted octanol–water partition coefficient (Wildman–Crippen LogP) is 2.05. The summed E-state index contributed by atoms with van der Waals surface area (Å²) in [5.74, 6) is 4.01. The van der Waals surface area contributed by atoms with Crippen molar-refractivity contribution in [2.24, 2.45) is 28.7 Å². The van der Waals surface area contributed by atoms with Crippen molar-refractivity contribution in [3.8, 4) is 0 Å². The van der Waals surface area contributed by atoms with E-state index in [0.29, 0.717) is 30.2 Å². The fraction of sp³-hybridized carbons (Fsp3) is 0.920. The summed E-state index contributed by atoms with van der Waals surface area (Å²) in [6, 6.07) is 0. The van der Waals surface area contributed by atoms with Gasteiger partial charge in [-0.15, -0.1) is 0 Å². The zero-order chi connectivity index (χ0) is 23.1. The van der Waals surface area contributed by atoms with E-state index in [1.54, 1.807) is 0 Å². The van der Waals surface area contributed by atoms with Crippen LogP contribution in [0.5, 0.6) is 0 Å². The van der Waals surface area contributed by atoms with E-state index in [4.69, 9.17) is 0 Å². The average Bonchev–Trinajstić information content (AvgIpc) is 2.74. The van der Waals surface area contributed by atoms with Gasteiger partial charge in [0.25, 0.3) is 0 Å². The van der Waals surface area contributed by atoms with E-state index in [-0.39, 0.29) is 0 Å². The maximum absolute atomic E-state index is 12.8. The van der Waals surface area contributed by atoms with Gasteiger partial charge >= 0.3 is 0 Å². The van der Waals surface area contributed by atoms with Crippen molar-refractivity contribution in [2.75, 3.05) is 79.0 Å². The van der Waals surface area contributed by atoms with Gasteiger partial charge in [-0.2, -0.15) is 0 Å². The van der Waals surface area contributed by atoms with E-state index >= 15 is 0 Å². The largest absolute Gasteiger partial charge is 0.356 e. The van der Waals surface area contributed by atoms with Crippen LogP contribution in [0.1, 0.15) is 47.0 Å². The SMILES string of the molecule is CN=C(NCC1CCCN(CC(C)C)C1)N1CCN(CC(=O)N2CC(C)CC(C)C2)CC1. The van der Waals surface area contributed by atoms with Crippen molar-refractivity contribution in [1.82, 2.24) is 24.9 Å². The highest BCUT2D eigenvalue weighted by molar-refractivity contribution is 5.80. The molecule has 3 aliphatic rings. The molecule has 0 bridgehead atoms. The third-order valence-electron chi connectivity index (χ3n) is 7.24. The minimum atomic E-state index is 0.308. The molecule has 32 heavy (non-hydrogen) atoms. The van der Waals surface area contributed by atoms with Gasteiger partial charge in [0.2, 0.25) is 5.91 Å². The minimum Gasteiger partial charge on any atom is -0.356 e. The Kier molecular flexibility index (Phi) is 9.65. The Labute approximate surface area is 196 Å². The standard InChI is InChI=1S/C25H48N6O/c1-20(2)15-29-8-6-7-23(18-29)14-27-25(26-5)30-11-9-28(10-12-30)19-24(32)31-16-21(3)13-22(4)17-31/h20-23H,6-19H2,1-5H3,(H,26,27). The molecular formula is C25H48N6O. The quantitative estimate of drug-likeness (QED) is 0.498. The maximum atomic E-state index is 12.8. The fourth-order valence-corrected chi connectivity index (χ4v) is 5.84. The second-order valence-electron chi connectivity index (χ2n) is 11.1. The molecule has 7 nitrogen and oxygen atoms in total. The smallest absolute Gasteiger partial charge is 0.236 e. The maximum Gasteiger partial charge on any atom is 0.236 e. The molecule has 3 aliphatic heterocycles. The number of nitrogens with zero attached hydrogens (tertiary/aromatic N) is 5. The van der Waals surface area contributed by atoms with Crippen LogP contribution in [0, 0.1) is 23.7 Å². The molecule has 3 atom stereocenters. The Morgan fingerprint density at radius 3 is 2.28 bits per heavy atom. The second-order valence-corrected chi connectivity index (χ2v) is 11.1. The topological polar surface area (TPSA) is 54.4 Å². The monoisotopic (exact) mass is 448 g/mol. The van der Waals surface area contributed by atoms with Gasteiger partial charge in [-0.3, -0.25) is 14.7 Å². The molecule has 7 heteroatoms. The lowest BCUT2D eigenvalue weighted by Crippen LogP contribution is -2.55. The van der Waals surface area contributed by atoms with Gasteiger partial charge in [-0.05, 0) is 49.5 Å². The van der Waals surface area contributed by atoms with Crippen molar-refractivity contribution in [1.29, 1.82) is 0 Å². The van der Waals surface area contributed by atoms with Crippen LogP contribution in [0.4, 0.5) is 0 Å². The molecule has 3 unspecified atom stereocenters. The third-order valence-corrected chi connectivity index (χ3v) is 7.24. The fourth-order valence-electron chi connectivity index (χ4n) is 5.84. The first kappa shape index (κ1) is 25.3. The number of piperidine rings is 2. The Balaban J connectivity index is 1.39. The second kappa shape index (κ2) is 12.2. The van der Waals surface area contributed by atoms with Gasteiger partial charge in [0.15, 0.2) is 5.96 Å². The van der Waals surface area contributed by atoms with E-state index in [0.717, 1.165) is 57.7 Å². The molecule has 0 aliphatic carbocycles. The van der Waals surface area contributed by atoms with Crippen molar-refractivity contribution < 1.29 is 4.79 Å². The van der Waals surface area contributed by atoms with E-state index in [1.165, 1.54) is 38.9 Å². The highest BCUT2D eigenvalue weighted by Gasteiger charge is 2.28. The molecule has 0 spiro atoms. The number of nitrogens with one attached hydrogen (secondary N) is 1. The molecule has 3 heterocycles.